The minimum absolute atomic E-state index is 0.109. The summed E-state index contributed by atoms with van der Waals surface area (Å²) in [5.74, 6) is -0.0621. The first-order valence-electron chi connectivity index (χ1n) is 7.79. The average Bonchev–Trinajstić information content (AvgIpc) is 2.91. The minimum Gasteiger partial charge on any atom is -0.492 e. The molecule has 0 bridgehead atoms. The highest BCUT2D eigenvalue weighted by Crippen LogP contribution is 2.30. The quantitative estimate of drug-likeness (QED) is 0.676. The number of hydrogen-bond acceptors (Lipinski definition) is 3. The van der Waals surface area contributed by atoms with Gasteiger partial charge in [0.05, 0.1) is 16.9 Å². The molecule has 0 saturated carbocycles. The predicted octanol–water partition coefficient (Wildman–Crippen LogP) is 4.40. The van der Waals surface area contributed by atoms with Gasteiger partial charge in [0.25, 0.3) is 5.91 Å². The highest BCUT2D eigenvalue weighted by Gasteiger charge is 2.30. The van der Waals surface area contributed by atoms with Crippen LogP contribution in [0.2, 0.25) is 0 Å². The molecule has 26 heavy (non-hydrogen) atoms. The maximum absolute atomic E-state index is 12.8. The summed E-state index contributed by atoms with van der Waals surface area (Å²) in [5.41, 5.74) is -0.199. The lowest BCUT2D eigenvalue weighted by Gasteiger charge is -2.07. The van der Waals surface area contributed by atoms with E-state index in [0.29, 0.717) is 17.2 Å². The second kappa shape index (κ2) is 6.95. The number of aryl methyl sites for hydroxylation is 1. The van der Waals surface area contributed by atoms with Crippen molar-refractivity contribution in [3.63, 3.8) is 0 Å². The lowest BCUT2D eigenvalue weighted by Crippen LogP contribution is -2.14. The largest absolute Gasteiger partial charge is 0.492 e. The molecule has 136 valence electrons. The predicted molar refractivity (Wildman–Crippen MR) is 93.3 cm³/mol. The van der Waals surface area contributed by atoms with E-state index < -0.39 is 17.6 Å². The maximum Gasteiger partial charge on any atom is 0.416 e. The summed E-state index contributed by atoms with van der Waals surface area (Å²) >= 11 is 1.27. The van der Waals surface area contributed by atoms with E-state index in [1.54, 1.807) is 11.6 Å². The number of rotatable bonds is 3. The molecule has 0 N–H and O–H groups in total. The Morgan fingerprint density at radius 2 is 1.96 bits per heavy atom. The number of carbonyl (C=O) groups excluding carboxylic acids is 1. The Bertz CT molecular complexity index is 1030. The molecule has 0 aliphatic heterocycles. The van der Waals surface area contributed by atoms with Gasteiger partial charge in [-0.3, -0.25) is 4.79 Å². The number of alkyl halides is 3. The third-order valence-electron chi connectivity index (χ3n) is 3.72. The number of thiazole rings is 1. The number of carbonyl (C=O) groups is 1. The van der Waals surface area contributed by atoms with Gasteiger partial charge in [0.1, 0.15) is 11.3 Å². The molecule has 0 atom stereocenters. The molecule has 0 aliphatic rings. The Morgan fingerprint density at radius 1 is 1.23 bits per heavy atom. The molecule has 0 saturated heterocycles. The molecule has 1 amide bonds. The summed E-state index contributed by atoms with van der Waals surface area (Å²) in [6, 6.07) is 9.77. The summed E-state index contributed by atoms with van der Waals surface area (Å²) < 4.78 is 46.6. The van der Waals surface area contributed by atoms with Gasteiger partial charge in [-0.05, 0) is 37.3 Å². The van der Waals surface area contributed by atoms with Gasteiger partial charge in [-0.1, -0.05) is 23.5 Å². The van der Waals surface area contributed by atoms with Crippen LogP contribution >= 0.6 is 11.3 Å². The van der Waals surface area contributed by atoms with E-state index in [9.17, 15) is 18.0 Å². The van der Waals surface area contributed by atoms with Crippen LogP contribution in [0.15, 0.2) is 47.5 Å². The number of nitrogens with zero attached hydrogens (tertiary/aromatic N) is 2. The van der Waals surface area contributed by atoms with Crippen molar-refractivity contribution in [2.45, 2.75) is 13.1 Å². The van der Waals surface area contributed by atoms with E-state index in [0.717, 1.165) is 22.3 Å². The van der Waals surface area contributed by atoms with Crippen LogP contribution in [-0.4, -0.2) is 17.1 Å². The molecule has 0 fully saturated rings. The second-order valence-electron chi connectivity index (χ2n) is 5.48. The van der Waals surface area contributed by atoms with Crippen LogP contribution in [0.1, 0.15) is 22.8 Å². The molecule has 0 radical (unpaired) electrons. The Kier molecular flexibility index (Phi) is 4.86. The van der Waals surface area contributed by atoms with Gasteiger partial charge in [-0.25, -0.2) is 0 Å². The van der Waals surface area contributed by atoms with Crippen molar-refractivity contribution < 1.29 is 22.7 Å². The smallest absolute Gasteiger partial charge is 0.416 e. The fourth-order valence-corrected chi connectivity index (χ4v) is 3.56. The van der Waals surface area contributed by atoms with E-state index in [1.165, 1.54) is 23.5 Å². The maximum atomic E-state index is 12.8. The van der Waals surface area contributed by atoms with Crippen molar-refractivity contribution in [2.75, 3.05) is 6.61 Å². The number of benzene rings is 2. The number of ether oxygens (including phenoxy) is 1. The highest BCUT2D eigenvalue weighted by atomic mass is 32.1. The number of para-hydroxylation sites is 1. The van der Waals surface area contributed by atoms with Crippen LogP contribution in [0.25, 0.3) is 10.2 Å². The van der Waals surface area contributed by atoms with Crippen molar-refractivity contribution >= 4 is 27.5 Å². The summed E-state index contributed by atoms with van der Waals surface area (Å²) in [7, 11) is 1.74. The zero-order chi connectivity index (χ0) is 18.9. The van der Waals surface area contributed by atoms with Gasteiger partial charge in [-0.15, -0.1) is 0 Å². The third kappa shape index (κ3) is 3.50. The lowest BCUT2D eigenvalue weighted by molar-refractivity contribution is -0.137. The zero-order valence-electron chi connectivity index (χ0n) is 14.0. The van der Waals surface area contributed by atoms with Gasteiger partial charge < -0.3 is 9.30 Å². The normalized spacial score (nSPS) is 12.6. The van der Waals surface area contributed by atoms with E-state index in [1.807, 2.05) is 25.1 Å². The van der Waals surface area contributed by atoms with Gasteiger partial charge in [-0.2, -0.15) is 18.2 Å². The topological polar surface area (TPSA) is 43.6 Å². The fraction of sp³-hybridized carbons (Fsp3) is 0.222. The van der Waals surface area contributed by atoms with Crippen molar-refractivity contribution in [2.24, 2.45) is 12.0 Å². The van der Waals surface area contributed by atoms with Gasteiger partial charge in [0.15, 0.2) is 4.80 Å². The first-order chi connectivity index (χ1) is 12.3. The number of aromatic nitrogens is 1. The molecule has 0 aliphatic carbocycles. The van der Waals surface area contributed by atoms with Crippen molar-refractivity contribution in [1.82, 2.24) is 4.57 Å². The monoisotopic (exact) mass is 380 g/mol. The van der Waals surface area contributed by atoms with Crippen molar-refractivity contribution in [3.05, 3.63) is 58.4 Å². The summed E-state index contributed by atoms with van der Waals surface area (Å²) in [6.07, 6.45) is -4.51. The first-order valence-corrected chi connectivity index (χ1v) is 8.60. The van der Waals surface area contributed by atoms with E-state index in [-0.39, 0.29) is 5.56 Å². The molecule has 1 aromatic heterocycles. The van der Waals surface area contributed by atoms with Gasteiger partial charge in [0, 0.05) is 12.6 Å². The van der Waals surface area contributed by atoms with Crippen LogP contribution in [0.3, 0.4) is 0 Å². The summed E-state index contributed by atoms with van der Waals surface area (Å²) in [6.45, 7) is 2.36. The Balaban J connectivity index is 2.07. The van der Waals surface area contributed by atoms with Gasteiger partial charge >= 0.3 is 6.18 Å². The summed E-state index contributed by atoms with van der Waals surface area (Å²) in [5, 5.41) is 0. The molecule has 0 unspecified atom stereocenters. The van der Waals surface area contributed by atoms with Gasteiger partial charge in [0.2, 0.25) is 0 Å². The number of hydrogen-bond donors (Lipinski definition) is 0. The standard InChI is InChI=1S/C18H15F3N2O2S/c1-3-25-13-8-5-9-14-15(13)23(2)17(26-14)22-16(24)11-6-4-7-12(10-11)18(19,20)21/h4-10H,3H2,1-2H3. The van der Waals surface area contributed by atoms with Crippen LogP contribution in [0.5, 0.6) is 5.75 Å². The second-order valence-corrected chi connectivity index (χ2v) is 6.48. The van der Waals surface area contributed by atoms with Crippen LogP contribution < -0.4 is 9.54 Å². The molecular formula is C18H15F3N2O2S. The van der Waals surface area contributed by atoms with Crippen molar-refractivity contribution in [3.8, 4) is 5.75 Å². The molecule has 8 heteroatoms. The highest BCUT2D eigenvalue weighted by molar-refractivity contribution is 7.16. The zero-order valence-corrected chi connectivity index (χ0v) is 14.8. The summed E-state index contributed by atoms with van der Waals surface area (Å²) in [4.78, 5) is 16.8. The fourth-order valence-electron chi connectivity index (χ4n) is 2.53. The average molecular weight is 380 g/mol. The Labute approximate surface area is 151 Å². The first kappa shape index (κ1) is 18.2. The molecule has 3 aromatic rings. The van der Waals surface area contributed by atoms with Crippen LogP contribution in [-0.2, 0) is 13.2 Å². The molecule has 4 nitrogen and oxygen atoms in total. The number of amides is 1. The lowest BCUT2D eigenvalue weighted by atomic mass is 10.1. The minimum atomic E-state index is -4.51. The van der Waals surface area contributed by atoms with Crippen LogP contribution in [0.4, 0.5) is 13.2 Å². The molecule has 3 rings (SSSR count). The molecule has 1 heterocycles. The molecular weight excluding hydrogens is 365 g/mol. The van der Waals surface area contributed by atoms with E-state index >= 15 is 0 Å². The number of fused-ring (bicyclic) bond motifs is 1. The number of halogens is 3. The molecule has 0 spiro atoms. The SMILES string of the molecule is CCOc1cccc2sc(=NC(=O)c3cccc(C(F)(F)F)c3)n(C)c12. The third-order valence-corrected chi connectivity index (χ3v) is 4.82. The molecule has 2 aromatic carbocycles. The Morgan fingerprint density at radius 3 is 2.65 bits per heavy atom. The Hall–Kier alpha value is -2.61. The van der Waals surface area contributed by atoms with E-state index in [4.69, 9.17) is 4.74 Å². The van der Waals surface area contributed by atoms with Crippen molar-refractivity contribution in [1.29, 1.82) is 0 Å². The van der Waals surface area contributed by atoms with Crippen LogP contribution in [0, 0.1) is 0 Å². The van der Waals surface area contributed by atoms with E-state index in [2.05, 4.69) is 4.99 Å².